The molecule has 44 heavy (non-hydrogen) atoms. The molecule has 2 fully saturated rings. The summed E-state index contributed by atoms with van der Waals surface area (Å²) in [5.74, 6) is 5.74. The molecule has 0 saturated heterocycles. The van der Waals surface area contributed by atoms with Crippen LogP contribution in [-0.4, -0.2) is 24.2 Å². The van der Waals surface area contributed by atoms with E-state index in [0.29, 0.717) is 47.8 Å². The van der Waals surface area contributed by atoms with E-state index in [-0.39, 0.29) is 27.6 Å². The largest absolute Gasteiger partial charge is 3.00 e. The van der Waals surface area contributed by atoms with Gasteiger partial charge in [0.2, 0.25) is 0 Å². The minimum absolute atomic E-state index is 0. The predicted molar refractivity (Wildman–Crippen MR) is 196 cm³/mol. The summed E-state index contributed by atoms with van der Waals surface area (Å²) in [4.78, 5) is 0. The van der Waals surface area contributed by atoms with Gasteiger partial charge in [0.05, 0.1) is 0 Å². The van der Waals surface area contributed by atoms with E-state index in [4.69, 9.17) is 10.6 Å². The van der Waals surface area contributed by atoms with Crippen molar-refractivity contribution in [2.24, 2.45) is 58.2 Å². The molecular formula is C41H81CoN2. The van der Waals surface area contributed by atoms with E-state index in [9.17, 15) is 0 Å². The number of unbranched alkanes of at least 4 members (excludes halogenated alkanes) is 3. The first-order valence-corrected chi connectivity index (χ1v) is 19.1. The van der Waals surface area contributed by atoms with Gasteiger partial charge in [0.15, 0.2) is 0 Å². The van der Waals surface area contributed by atoms with Crippen LogP contribution in [0.3, 0.4) is 0 Å². The third-order valence-electron chi connectivity index (χ3n) is 11.3. The molecule has 2 nitrogen and oxygen atoms in total. The van der Waals surface area contributed by atoms with Gasteiger partial charge in [-0.3, -0.25) is 0 Å². The third-order valence-corrected chi connectivity index (χ3v) is 11.3. The molecule has 0 aromatic carbocycles. The van der Waals surface area contributed by atoms with E-state index in [2.05, 4.69) is 111 Å². The first-order chi connectivity index (χ1) is 19.9. The fourth-order valence-electron chi connectivity index (χ4n) is 8.18. The van der Waals surface area contributed by atoms with Crippen molar-refractivity contribution >= 4 is 0 Å². The summed E-state index contributed by atoms with van der Waals surface area (Å²) in [5, 5.41) is 11.8. The summed E-state index contributed by atoms with van der Waals surface area (Å²) in [6, 6.07) is 1.70. The van der Waals surface area contributed by atoms with Crippen molar-refractivity contribution in [2.45, 2.75) is 199 Å². The van der Waals surface area contributed by atoms with Crippen LogP contribution < -0.4 is 0 Å². The summed E-state index contributed by atoms with van der Waals surface area (Å²) in [7, 11) is 0. The summed E-state index contributed by atoms with van der Waals surface area (Å²) in [6.07, 6.45) is 14.4. The van der Waals surface area contributed by atoms with Gasteiger partial charge in [-0.05, 0) is 23.7 Å². The van der Waals surface area contributed by atoms with E-state index < -0.39 is 0 Å². The first-order valence-electron chi connectivity index (χ1n) is 19.1. The van der Waals surface area contributed by atoms with Crippen LogP contribution in [0.1, 0.15) is 174 Å². The molecule has 0 spiro atoms. The topological polar surface area (TPSA) is 28.2 Å². The van der Waals surface area contributed by atoms with E-state index in [1.807, 2.05) is 0 Å². The van der Waals surface area contributed by atoms with Crippen LogP contribution in [0.2, 0.25) is 0 Å². The van der Waals surface area contributed by atoms with Crippen LogP contribution in [0.15, 0.2) is 0 Å². The Balaban J connectivity index is 0.00000239. The molecule has 0 bridgehead atoms. The Hall–Kier alpha value is 0.426. The molecule has 6 unspecified atom stereocenters. The van der Waals surface area contributed by atoms with Gasteiger partial charge in [0.1, 0.15) is 0 Å². The predicted octanol–water partition coefficient (Wildman–Crippen LogP) is 13.5. The van der Waals surface area contributed by atoms with Crippen LogP contribution in [0.25, 0.3) is 10.6 Å². The van der Waals surface area contributed by atoms with Crippen molar-refractivity contribution < 1.29 is 16.8 Å². The minimum Gasteiger partial charge on any atom is -0.656 e. The zero-order valence-electron chi connectivity index (χ0n) is 32.6. The fraction of sp³-hybridized carbons (Fsp3) is 0.976. The molecule has 0 amide bonds. The summed E-state index contributed by atoms with van der Waals surface area (Å²) in [5.41, 5.74) is 0.308. The molecule has 0 aromatic heterocycles. The second-order valence-electron chi connectivity index (χ2n) is 18.3. The Morgan fingerprint density at radius 2 is 0.864 bits per heavy atom. The molecule has 7 atom stereocenters. The molecule has 2 aliphatic rings. The van der Waals surface area contributed by atoms with Gasteiger partial charge in [0.25, 0.3) is 0 Å². The van der Waals surface area contributed by atoms with Crippen molar-refractivity contribution in [3.8, 4) is 0 Å². The quantitative estimate of drug-likeness (QED) is 0.139. The van der Waals surface area contributed by atoms with E-state index >= 15 is 0 Å². The zero-order chi connectivity index (χ0) is 33.1. The fourth-order valence-corrected chi connectivity index (χ4v) is 8.18. The smallest absolute Gasteiger partial charge is 0.656 e. The van der Waals surface area contributed by atoms with Gasteiger partial charge >= 0.3 is 16.8 Å². The number of hydrogen-bond donors (Lipinski definition) is 0. The van der Waals surface area contributed by atoms with Crippen molar-refractivity contribution in [2.75, 3.05) is 0 Å². The molecule has 0 heterocycles. The Kier molecular flexibility index (Phi) is 20.9. The Bertz CT molecular complexity index is 623. The third kappa shape index (κ3) is 14.3. The number of hydrogen-bond acceptors (Lipinski definition) is 0. The molecule has 2 saturated carbocycles. The summed E-state index contributed by atoms with van der Waals surface area (Å²) < 4.78 is 0. The van der Waals surface area contributed by atoms with Gasteiger partial charge in [0, 0.05) is 0 Å². The standard InChI is InChI=1S/C35H68N2.C6H13.Co/c1-22(2)26-17-15-18-27(23(3)4)32(26)36-30(34(9,10)11)21-31(35(12,13)14)37-33-28(24(5)6)19-16-20-29(33)25(7)8;1-3-5-6-4-2;/h22-33H,15-21H2,1-14H3;1,3-6H2,2H3;/q-2;-1;+3/t26-,27?,28?,29?,30?,31?,32?,33?;;/m0../s1. The first kappa shape index (κ1) is 44.4. The second kappa shape index (κ2) is 20.7. The molecule has 3 heteroatoms. The number of nitrogens with zero attached hydrogens (tertiary/aromatic N) is 2. The van der Waals surface area contributed by atoms with Crippen molar-refractivity contribution in [3.05, 3.63) is 17.6 Å². The number of rotatable bonds is 13. The maximum Gasteiger partial charge on any atom is 3.00 e. The van der Waals surface area contributed by atoms with Gasteiger partial charge < -0.3 is 17.6 Å². The average molecular weight is 661 g/mol. The Morgan fingerprint density at radius 3 is 1.05 bits per heavy atom. The molecular weight excluding hydrogens is 579 g/mol. The van der Waals surface area contributed by atoms with Gasteiger partial charge in [-0.25, -0.2) is 0 Å². The minimum atomic E-state index is 0. The Morgan fingerprint density at radius 1 is 0.568 bits per heavy atom. The van der Waals surface area contributed by atoms with Gasteiger partial charge in [-0.2, -0.15) is 6.42 Å². The second-order valence-corrected chi connectivity index (χ2v) is 18.3. The molecule has 264 valence electrons. The van der Waals surface area contributed by atoms with E-state index in [1.54, 1.807) is 0 Å². The van der Waals surface area contributed by atoms with Crippen LogP contribution in [0.4, 0.5) is 0 Å². The van der Waals surface area contributed by atoms with Gasteiger partial charge in [-0.15, -0.1) is 24.2 Å². The monoisotopic (exact) mass is 661 g/mol. The van der Waals surface area contributed by atoms with Crippen molar-refractivity contribution in [3.63, 3.8) is 0 Å². The van der Waals surface area contributed by atoms with Crippen LogP contribution in [0, 0.1) is 65.1 Å². The Labute approximate surface area is 290 Å². The maximum absolute atomic E-state index is 5.91. The molecule has 0 radical (unpaired) electrons. The zero-order valence-corrected chi connectivity index (χ0v) is 33.7. The van der Waals surface area contributed by atoms with Crippen LogP contribution in [0.5, 0.6) is 0 Å². The molecule has 0 aromatic rings. The molecule has 2 rings (SSSR count). The van der Waals surface area contributed by atoms with E-state index in [0.717, 1.165) is 36.5 Å². The normalized spacial score (nSPS) is 28.1. The van der Waals surface area contributed by atoms with Crippen LogP contribution >= 0.6 is 0 Å². The summed E-state index contributed by atoms with van der Waals surface area (Å²) >= 11 is 0. The van der Waals surface area contributed by atoms with Crippen molar-refractivity contribution in [1.82, 2.24) is 0 Å². The molecule has 0 aliphatic heterocycles. The van der Waals surface area contributed by atoms with Gasteiger partial charge in [-0.1, -0.05) is 203 Å². The van der Waals surface area contributed by atoms with Crippen LogP contribution in [-0.2, 0) is 16.8 Å². The molecule has 2 aliphatic carbocycles. The van der Waals surface area contributed by atoms with E-state index in [1.165, 1.54) is 57.8 Å². The maximum atomic E-state index is 5.91. The SMILES string of the molecule is CC(C)C1CCCC(C(C)C)C1[N-]C(CC([N-]C1C(C(C)C)CCC[C@H]1C(C)C)C(C)(C)C)C(C)(C)C.[CH2-]CCCCC.[Co+3]. The summed E-state index contributed by atoms with van der Waals surface area (Å²) in [6.45, 7) is 40.1. The average Bonchev–Trinajstić information content (AvgIpc) is 2.89. The van der Waals surface area contributed by atoms with Crippen molar-refractivity contribution in [1.29, 1.82) is 0 Å². The molecule has 0 N–H and O–H groups in total.